The van der Waals surface area contributed by atoms with Gasteiger partial charge in [0.2, 0.25) is 0 Å². The Kier molecular flexibility index (Phi) is 1.87. The molecule has 64 valence electrons. The number of aliphatic imine (C=N–C) groups is 1. The van der Waals surface area contributed by atoms with Crippen LogP contribution in [-0.4, -0.2) is 12.3 Å². The number of allylic oxidation sites excluding steroid dienone is 3. The summed E-state index contributed by atoms with van der Waals surface area (Å²) in [6, 6.07) is 0. The van der Waals surface area contributed by atoms with Gasteiger partial charge in [0.25, 0.3) is 0 Å². The lowest BCUT2D eigenvalue weighted by Gasteiger charge is -2.30. The molecule has 0 saturated carbocycles. The molecule has 1 heterocycles. The van der Waals surface area contributed by atoms with Crippen LogP contribution in [0.2, 0.25) is 0 Å². The van der Waals surface area contributed by atoms with Gasteiger partial charge in [0.1, 0.15) is 0 Å². The van der Waals surface area contributed by atoms with Gasteiger partial charge in [0, 0.05) is 18.2 Å². The average Bonchev–Trinajstić information content (AvgIpc) is 2.04. The summed E-state index contributed by atoms with van der Waals surface area (Å²) in [5.41, 5.74) is 2.90. The predicted molar refractivity (Wildman–Crippen MR) is 52.5 cm³/mol. The van der Waals surface area contributed by atoms with E-state index in [4.69, 9.17) is 0 Å². The molecular weight excluding hydrogens is 146 g/mol. The fourth-order valence-corrected chi connectivity index (χ4v) is 2.25. The summed E-state index contributed by atoms with van der Waals surface area (Å²) in [6.07, 6.45) is 7.90. The fourth-order valence-electron chi connectivity index (χ4n) is 2.25. The Balaban J connectivity index is 2.35. The smallest absolute Gasteiger partial charge is 0.0426 e. The number of fused-ring (bicyclic) bond motifs is 1. The van der Waals surface area contributed by atoms with Gasteiger partial charge >= 0.3 is 0 Å². The van der Waals surface area contributed by atoms with Crippen molar-refractivity contribution in [2.45, 2.75) is 20.3 Å². The van der Waals surface area contributed by atoms with E-state index in [0.717, 1.165) is 13.0 Å². The van der Waals surface area contributed by atoms with E-state index in [1.54, 1.807) is 5.57 Å². The fraction of sp³-hybridized carbons (Fsp3) is 0.545. The molecule has 2 atom stereocenters. The lowest BCUT2D eigenvalue weighted by Crippen LogP contribution is -2.26. The van der Waals surface area contributed by atoms with Gasteiger partial charge < -0.3 is 0 Å². The van der Waals surface area contributed by atoms with Crippen LogP contribution < -0.4 is 0 Å². The minimum absolute atomic E-state index is 0.615. The SMILES string of the molecule is CC1=NCCC2=CC=C[C@H](C)C21. The predicted octanol–water partition coefficient (Wildman–Crippen LogP) is 2.60. The van der Waals surface area contributed by atoms with E-state index >= 15 is 0 Å². The van der Waals surface area contributed by atoms with Gasteiger partial charge in [-0.1, -0.05) is 30.7 Å². The Bertz CT molecular complexity index is 271. The second-order valence-corrected chi connectivity index (χ2v) is 3.74. The van der Waals surface area contributed by atoms with Crippen LogP contribution in [0.4, 0.5) is 0 Å². The van der Waals surface area contributed by atoms with Crippen LogP contribution in [0.5, 0.6) is 0 Å². The number of hydrogen-bond acceptors (Lipinski definition) is 1. The molecule has 1 unspecified atom stereocenters. The zero-order valence-corrected chi connectivity index (χ0v) is 7.75. The van der Waals surface area contributed by atoms with Crippen molar-refractivity contribution in [2.24, 2.45) is 16.8 Å². The maximum atomic E-state index is 4.51. The van der Waals surface area contributed by atoms with Crippen molar-refractivity contribution in [2.75, 3.05) is 6.54 Å². The number of hydrogen-bond donors (Lipinski definition) is 0. The zero-order chi connectivity index (χ0) is 8.55. The van der Waals surface area contributed by atoms with Gasteiger partial charge in [-0.05, 0) is 19.3 Å². The number of rotatable bonds is 0. The highest BCUT2D eigenvalue weighted by molar-refractivity contribution is 5.88. The van der Waals surface area contributed by atoms with Crippen LogP contribution in [0.25, 0.3) is 0 Å². The lowest BCUT2D eigenvalue weighted by molar-refractivity contribution is 0.565. The van der Waals surface area contributed by atoms with Crippen molar-refractivity contribution in [3.63, 3.8) is 0 Å². The first-order chi connectivity index (χ1) is 5.79. The molecule has 1 aliphatic heterocycles. The van der Waals surface area contributed by atoms with E-state index in [9.17, 15) is 0 Å². The molecule has 2 aliphatic rings. The van der Waals surface area contributed by atoms with Crippen LogP contribution >= 0.6 is 0 Å². The summed E-state index contributed by atoms with van der Waals surface area (Å²) in [5.74, 6) is 1.26. The molecule has 0 amide bonds. The molecule has 1 heteroatoms. The molecule has 0 radical (unpaired) electrons. The first-order valence-electron chi connectivity index (χ1n) is 4.67. The standard InChI is InChI=1S/C11H15N/c1-8-4-3-5-10-6-7-12-9(2)11(8)10/h3-5,8,11H,6-7H2,1-2H3/t8-,11?/m0/s1. The molecule has 0 bridgehead atoms. The van der Waals surface area contributed by atoms with Gasteiger partial charge in [0.05, 0.1) is 0 Å². The maximum Gasteiger partial charge on any atom is 0.0426 e. The molecular formula is C11H15N. The van der Waals surface area contributed by atoms with E-state index in [0.29, 0.717) is 11.8 Å². The van der Waals surface area contributed by atoms with Crippen molar-refractivity contribution in [1.29, 1.82) is 0 Å². The zero-order valence-electron chi connectivity index (χ0n) is 7.75. The second kappa shape index (κ2) is 2.89. The van der Waals surface area contributed by atoms with E-state index in [-0.39, 0.29) is 0 Å². The molecule has 0 spiro atoms. The van der Waals surface area contributed by atoms with E-state index in [1.165, 1.54) is 5.71 Å². The van der Waals surface area contributed by atoms with Crippen molar-refractivity contribution in [3.05, 3.63) is 23.8 Å². The Morgan fingerprint density at radius 1 is 1.50 bits per heavy atom. The summed E-state index contributed by atoms with van der Waals surface area (Å²) in [4.78, 5) is 4.51. The highest BCUT2D eigenvalue weighted by atomic mass is 14.8. The minimum Gasteiger partial charge on any atom is -0.293 e. The van der Waals surface area contributed by atoms with Gasteiger partial charge in [0.15, 0.2) is 0 Å². The topological polar surface area (TPSA) is 12.4 Å². The molecule has 0 aromatic heterocycles. The maximum absolute atomic E-state index is 4.51. The Morgan fingerprint density at radius 2 is 2.33 bits per heavy atom. The van der Waals surface area contributed by atoms with Gasteiger partial charge in [-0.2, -0.15) is 0 Å². The third-order valence-corrected chi connectivity index (χ3v) is 2.86. The minimum atomic E-state index is 0.615. The molecule has 0 aromatic carbocycles. The summed E-state index contributed by atoms with van der Waals surface area (Å²) >= 11 is 0. The van der Waals surface area contributed by atoms with Crippen molar-refractivity contribution in [3.8, 4) is 0 Å². The summed E-state index contributed by atoms with van der Waals surface area (Å²) in [6.45, 7) is 5.43. The summed E-state index contributed by atoms with van der Waals surface area (Å²) < 4.78 is 0. The monoisotopic (exact) mass is 161 g/mol. The third kappa shape index (κ3) is 1.13. The van der Waals surface area contributed by atoms with Crippen molar-refractivity contribution < 1.29 is 0 Å². The Hall–Kier alpha value is -0.850. The average molecular weight is 161 g/mol. The Morgan fingerprint density at radius 3 is 3.08 bits per heavy atom. The van der Waals surface area contributed by atoms with Crippen LogP contribution in [0.3, 0.4) is 0 Å². The van der Waals surface area contributed by atoms with Crippen molar-refractivity contribution >= 4 is 5.71 Å². The summed E-state index contributed by atoms with van der Waals surface area (Å²) in [7, 11) is 0. The highest BCUT2D eigenvalue weighted by Crippen LogP contribution is 2.32. The van der Waals surface area contributed by atoms with E-state index < -0.39 is 0 Å². The van der Waals surface area contributed by atoms with Crippen LogP contribution in [0.15, 0.2) is 28.8 Å². The largest absolute Gasteiger partial charge is 0.293 e. The normalized spacial score (nSPS) is 33.8. The summed E-state index contributed by atoms with van der Waals surface area (Å²) in [5, 5.41) is 0. The molecule has 0 aromatic rings. The molecule has 12 heavy (non-hydrogen) atoms. The van der Waals surface area contributed by atoms with Crippen LogP contribution in [0, 0.1) is 11.8 Å². The first kappa shape index (κ1) is 7.78. The Labute approximate surface area is 73.9 Å². The van der Waals surface area contributed by atoms with Gasteiger partial charge in [-0.15, -0.1) is 0 Å². The van der Waals surface area contributed by atoms with Gasteiger partial charge in [-0.3, -0.25) is 4.99 Å². The molecule has 0 N–H and O–H groups in total. The molecule has 0 saturated heterocycles. The molecule has 0 fully saturated rings. The van der Waals surface area contributed by atoms with Crippen LogP contribution in [0.1, 0.15) is 20.3 Å². The number of nitrogens with zero attached hydrogens (tertiary/aromatic N) is 1. The van der Waals surface area contributed by atoms with Crippen molar-refractivity contribution in [1.82, 2.24) is 0 Å². The molecule has 2 rings (SSSR count). The van der Waals surface area contributed by atoms with E-state index in [2.05, 4.69) is 37.1 Å². The van der Waals surface area contributed by atoms with Gasteiger partial charge in [-0.25, -0.2) is 0 Å². The van der Waals surface area contributed by atoms with E-state index in [1.807, 2.05) is 0 Å². The third-order valence-electron chi connectivity index (χ3n) is 2.86. The quantitative estimate of drug-likeness (QED) is 0.518. The highest BCUT2D eigenvalue weighted by Gasteiger charge is 2.26. The first-order valence-corrected chi connectivity index (χ1v) is 4.67. The molecule has 1 nitrogen and oxygen atoms in total. The lowest BCUT2D eigenvalue weighted by atomic mass is 9.78. The molecule has 1 aliphatic carbocycles. The van der Waals surface area contributed by atoms with Crippen LogP contribution in [-0.2, 0) is 0 Å². The second-order valence-electron chi connectivity index (χ2n) is 3.74.